The van der Waals surface area contributed by atoms with Crippen LogP contribution in [0.25, 0.3) is 11.4 Å². The largest absolute Gasteiger partial charge is 0.271 e. The summed E-state index contributed by atoms with van der Waals surface area (Å²) in [6.07, 6.45) is 2.83. The molecule has 2 rings (SSSR count). The molecule has 0 unspecified atom stereocenters. The van der Waals surface area contributed by atoms with Crippen molar-refractivity contribution in [2.24, 2.45) is 7.05 Å². The van der Waals surface area contributed by atoms with E-state index in [4.69, 9.17) is 0 Å². The van der Waals surface area contributed by atoms with Gasteiger partial charge in [-0.3, -0.25) is 4.68 Å². The lowest BCUT2D eigenvalue weighted by Crippen LogP contribution is -2.21. The smallest absolute Gasteiger partial charge is 0.182 e. The molecule has 6 heteroatoms. The molecule has 86 valence electrons. The first-order chi connectivity index (χ1) is 7.56. The molecule has 0 amide bonds. The van der Waals surface area contributed by atoms with Gasteiger partial charge in [-0.25, -0.2) is 5.10 Å². The van der Waals surface area contributed by atoms with Crippen LogP contribution in [0.2, 0.25) is 0 Å². The molecule has 0 saturated heterocycles. The van der Waals surface area contributed by atoms with E-state index in [0.29, 0.717) is 5.82 Å². The molecule has 0 atom stereocenters. The summed E-state index contributed by atoms with van der Waals surface area (Å²) in [5, 5.41) is 18.2. The van der Waals surface area contributed by atoms with Gasteiger partial charge >= 0.3 is 0 Å². The monoisotopic (exact) mass is 220 g/mol. The van der Waals surface area contributed by atoms with Gasteiger partial charge in [-0.1, -0.05) is 20.8 Å². The van der Waals surface area contributed by atoms with Gasteiger partial charge < -0.3 is 0 Å². The number of H-pyrrole nitrogens is 1. The molecule has 6 nitrogen and oxygen atoms in total. The maximum absolute atomic E-state index is 4.29. The third-order valence-electron chi connectivity index (χ3n) is 3.06. The first-order valence-electron chi connectivity index (χ1n) is 5.33. The molecule has 0 spiro atoms. The number of hydrogen-bond donors (Lipinski definition) is 1. The first-order valence-corrected chi connectivity index (χ1v) is 5.33. The zero-order chi connectivity index (χ0) is 11.8. The summed E-state index contributed by atoms with van der Waals surface area (Å²) in [4.78, 5) is 0. The van der Waals surface area contributed by atoms with Crippen molar-refractivity contribution in [1.82, 2.24) is 30.4 Å². The van der Waals surface area contributed by atoms with Crippen molar-refractivity contribution in [3.05, 3.63) is 11.9 Å². The lowest BCUT2D eigenvalue weighted by Gasteiger charge is -2.24. The second-order valence-electron chi connectivity index (χ2n) is 4.52. The van der Waals surface area contributed by atoms with Crippen LogP contribution in [0.3, 0.4) is 0 Å². The van der Waals surface area contributed by atoms with Crippen molar-refractivity contribution in [1.29, 1.82) is 0 Å². The number of aromatic nitrogens is 6. The van der Waals surface area contributed by atoms with Crippen LogP contribution in [0.1, 0.15) is 32.9 Å². The fourth-order valence-corrected chi connectivity index (χ4v) is 1.85. The highest BCUT2D eigenvalue weighted by molar-refractivity contribution is 5.58. The third-order valence-corrected chi connectivity index (χ3v) is 3.06. The van der Waals surface area contributed by atoms with Crippen LogP contribution in [0, 0.1) is 0 Å². The Morgan fingerprint density at radius 1 is 1.44 bits per heavy atom. The summed E-state index contributed by atoms with van der Waals surface area (Å²) < 4.78 is 1.89. The predicted molar refractivity (Wildman–Crippen MR) is 59.7 cm³/mol. The van der Waals surface area contributed by atoms with Crippen molar-refractivity contribution in [3.63, 3.8) is 0 Å². The average molecular weight is 220 g/mol. The summed E-state index contributed by atoms with van der Waals surface area (Å²) >= 11 is 0. The lowest BCUT2D eigenvalue weighted by molar-refractivity contribution is 0.462. The summed E-state index contributed by atoms with van der Waals surface area (Å²) in [5.41, 5.74) is 2.17. The minimum absolute atomic E-state index is 0.0490. The van der Waals surface area contributed by atoms with Crippen LogP contribution < -0.4 is 0 Å². The van der Waals surface area contributed by atoms with Crippen molar-refractivity contribution in [2.75, 3.05) is 0 Å². The third kappa shape index (κ3) is 1.60. The molecule has 0 saturated carbocycles. The molecule has 2 heterocycles. The summed E-state index contributed by atoms with van der Waals surface area (Å²) in [6, 6.07) is 0. The minimum atomic E-state index is 0.0490. The highest BCUT2D eigenvalue weighted by Crippen LogP contribution is 2.32. The summed E-state index contributed by atoms with van der Waals surface area (Å²) in [6.45, 7) is 6.55. The van der Waals surface area contributed by atoms with E-state index in [9.17, 15) is 0 Å². The SMILES string of the molecule is CCC(C)(C)c1c(-c2nnn[nH]2)cnn1C. The molecule has 2 aromatic heterocycles. The molecule has 16 heavy (non-hydrogen) atoms. The van der Waals surface area contributed by atoms with Crippen molar-refractivity contribution in [3.8, 4) is 11.4 Å². The summed E-state index contributed by atoms with van der Waals surface area (Å²) in [7, 11) is 1.94. The normalized spacial score (nSPS) is 12.0. The minimum Gasteiger partial charge on any atom is -0.271 e. The second-order valence-corrected chi connectivity index (χ2v) is 4.52. The molecule has 0 aliphatic rings. The fourth-order valence-electron chi connectivity index (χ4n) is 1.85. The van der Waals surface area contributed by atoms with Crippen LogP contribution in [0.4, 0.5) is 0 Å². The van der Waals surface area contributed by atoms with Gasteiger partial charge in [0.1, 0.15) is 0 Å². The maximum atomic E-state index is 4.29. The Bertz CT molecular complexity index is 467. The van der Waals surface area contributed by atoms with Gasteiger partial charge in [0.2, 0.25) is 0 Å². The van der Waals surface area contributed by atoms with Crippen LogP contribution >= 0.6 is 0 Å². The number of rotatable bonds is 3. The molecule has 0 aromatic carbocycles. The number of tetrazole rings is 1. The summed E-state index contributed by atoms with van der Waals surface area (Å²) in [5.74, 6) is 0.671. The zero-order valence-corrected chi connectivity index (χ0v) is 10.0. The highest BCUT2D eigenvalue weighted by atomic mass is 15.5. The molecule has 0 radical (unpaired) electrons. The van der Waals surface area contributed by atoms with Gasteiger partial charge in [0.05, 0.1) is 17.5 Å². The quantitative estimate of drug-likeness (QED) is 0.846. The Morgan fingerprint density at radius 2 is 2.19 bits per heavy atom. The van der Waals surface area contributed by atoms with Gasteiger partial charge in [0, 0.05) is 12.5 Å². The number of nitrogens with zero attached hydrogens (tertiary/aromatic N) is 5. The highest BCUT2D eigenvalue weighted by Gasteiger charge is 2.27. The molecule has 0 bridgehead atoms. The molecule has 0 aliphatic carbocycles. The predicted octanol–water partition coefficient (Wildman–Crippen LogP) is 1.29. The van der Waals surface area contributed by atoms with E-state index in [1.807, 2.05) is 11.7 Å². The Morgan fingerprint density at radius 3 is 2.75 bits per heavy atom. The van der Waals surface area contributed by atoms with Gasteiger partial charge in [0.15, 0.2) is 5.82 Å². The molecular formula is C10H16N6. The van der Waals surface area contributed by atoms with Crippen molar-refractivity contribution in [2.45, 2.75) is 32.6 Å². The van der Waals surface area contributed by atoms with E-state index < -0.39 is 0 Å². The molecule has 0 aliphatic heterocycles. The topological polar surface area (TPSA) is 72.3 Å². The second kappa shape index (κ2) is 3.70. The standard InChI is InChI=1S/C10H16N6/c1-5-10(2,3)8-7(6-11-16(8)4)9-12-14-15-13-9/h6H,5H2,1-4H3,(H,12,13,14,15). The molecule has 0 fully saturated rings. The van der Waals surface area contributed by atoms with Gasteiger partial charge in [-0.05, 0) is 16.8 Å². The average Bonchev–Trinajstić information content (AvgIpc) is 2.85. The number of aromatic amines is 1. The van der Waals surface area contributed by atoms with Crippen molar-refractivity contribution < 1.29 is 0 Å². The molecule has 2 aromatic rings. The van der Waals surface area contributed by atoms with Gasteiger partial charge in [-0.15, -0.1) is 5.10 Å². The number of nitrogens with one attached hydrogen (secondary N) is 1. The van der Waals surface area contributed by atoms with Crippen LogP contribution in [0.15, 0.2) is 6.20 Å². The zero-order valence-electron chi connectivity index (χ0n) is 10.0. The van der Waals surface area contributed by atoms with E-state index in [2.05, 4.69) is 46.5 Å². The Hall–Kier alpha value is -1.72. The Balaban J connectivity index is 2.57. The van der Waals surface area contributed by atoms with E-state index in [0.717, 1.165) is 17.7 Å². The van der Waals surface area contributed by atoms with Gasteiger partial charge in [0.25, 0.3) is 0 Å². The van der Waals surface area contributed by atoms with Gasteiger partial charge in [-0.2, -0.15) is 5.10 Å². The van der Waals surface area contributed by atoms with E-state index in [-0.39, 0.29) is 5.41 Å². The van der Waals surface area contributed by atoms with E-state index in [1.165, 1.54) is 0 Å². The van der Waals surface area contributed by atoms with Crippen LogP contribution in [0.5, 0.6) is 0 Å². The van der Waals surface area contributed by atoms with E-state index in [1.54, 1.807) is 6.20 Å². The fraction of sp³-hybridized carbons (Fsp3) is 0.600. The van der Waals surface area contributed by atoms with Crippen LogP contribution in [-0.2, 0) is 12.5 Å². The van der Waals surface area contributed by atoms with Crippen molar-refractivity contribution >= 4 is 0 Å². The molecular weight excluding hydrogens is 204 g/mol. The Labute approximate surface area is 94.1 Å². The Kier molecular flexibility index (Phi) is 2.49. The lowest BCUT2D eigenvalue weighted by atomic mass is 9.84. The van der Waals surface area contributed by atoms with E-state index >= 15 is 0 Å². The number of hydrogen-bond acceptors (Lipinski definition) is 4. The molecule has 1 N–H and O–H groups in total. The maximum Gasteiger partial charge on any atom is 0.182 e. The van der Waals surface area contributed by atoms with Crippen LogP contribution in [-0.4, -0.2) is 30.4 Å². The number of aryl methyl sites for hydroxylation is 1. The first kappa shape index (κ1) is 10.8.